The van der Waals surface area contributed by atoms with Gasteiger partial charge in [0.15, 0.2) is 11.6 Å². The predicted molar refractivity (Wildman–Crippen MR) is 138 cm³/mol. The summed E-state index contributed by atoms with van der Waals surface area (Å²) in [6.07, 6.45) is 1.59. The zero-order valence-corrected chi connectivity index (χ0v) is 21.2. The molecular formula is C27H31F5N6. The molecule has 4 rings (SSSR count). The first kappa shape index (κ1) is 27.4. The number of likely N-dealkylation sites (tertiary alicyclic amines) is 1. The highest BCUT2D eigenvalue weighted by atomic mass is 19.4. The van der Waals surface area contributed by atoms with E-state index in [-0.39, 0.29) is 36.2 Å². The van der Waals surface area contributed by atoms with E-state index in [9.17, 15) is 22.0 Å². The van der Waals surface area contributed by atoms with Gasteiger partial charge in [0.25, 0.3) is 0 Å². The van der Waals surface area contributed by atoms with Gasteiger partial charge < -0.3 is 20.4 Å². The maximum Gasteiger partial charge on any atom is 0.419 e. The molecule has 11 heteroatoms. The number of pyridine rings is 1. The van der Waals surface area contributed by atoms with Gasteiger partial charge in [0.1, 0.15) is 17.5 Å². The normalized spacial score (nSPS) is 19.6. The Morgan fingerprint density at radius 2 is 1.82 bits per heavy atom. The topological polar surface area (TPSA) is 61.0 Å². The summed E-state index contributed by atoms with van der Waals surface area (Å²) >= 11 is 0. The highest BCUT2D eigenvalue weighted by Crippen LogP contribution is 2.36. The van der Waals surface area contributed by atoms with Crippen LogP contribution in [0.2, 0.25) is 0 Å². The quantitative estimate of drug-likeness (QED) is 0.323. The third-order valence-electron chi connectivity index (χ3n) is 6.82. The number of aliphatic imine (C=N–C) groups is 1. The van der Waals surface area contributed by atoms with Crippen molar-refractivity contribution in [3.63, 3.8) is 0 Å². The van der Waals surface area contributed by atoms with Crippen molar-refractivity contribution in [1.29, 1.82) is 0 Å². The number of anilines is 1. The summed E-state index contributed by atoms with van der Waals surface area (Å²) in [6, 6.07) is 5.42. The average Bonchev–Trinajstić information content (AvgIpc) is 2.89. The van der Waals surface area contributed by atoms with E-state index in [1.165, 1.54) is 18.3 Å². The lowest BCUT2D eigenvalue weighted by atomic mass is 10.1. The Morgan fingerprint density at radius 1 is 1.08 bits per heavy atom. The fourth-order valence-corrected chi connectivity index (χ4v) is 4.79. The minimum atomic E-state index is -4.52. The zero-order chi connectivity index (χ0) is 27.4. The number of aromatic nitrogens is 1. The Balaban J connectivity index is 1.63. The summed E-state index contributed by atoms with van der Waals surface area (Å²) in [5, 5.41) is 0. The van der Waals surface area contributed by atoms with Crippen LogP contribution in [0.25, 0.3) is 5.70 Å². The van der Waals surface area contributed by atoms with E-state index < -0.39 is 23.4 Å². The lowest BCUT2D eigenvalue weighted by molar-refractivity contribution is -0.137. The maximum absolute atomic E-state index is 13.9. The molecule has 2 fully saturated rings. The molecule has 0 amide bonds. The molecule has 204 valence electrons. The molecule has 2 aliphatic rings. The van der Waals surface area contributed by atoms with Crippen LogP contribution >= 0.6 is 0 Å². The van der Waals surface area contributed by atoms with Crippen molar-refractivity contribution in [2.45, 2.75) is 38.4 Å². The molecule has 1 aromatic heterocycles. The van der Waals surface area contributed by atoms with Crippen LogP contribution in [-0.2, 0) is 6.18 Å². The number of piperidine rings is 1. The number of piperazine rings is 1. The molecule has 6 nitrogen and oxygen atoms in total. The molecule has 1 atom stereocenters. The van der Waals surface area contributed by atoms with Gasteiger partial charge >= 0.3 is 6.18 Å². The SMILES string of the molecule is C=C(/N=C(\C=C(/N)c1ccc(F)c(F)c1)N1CCN(c2ncccc2C(F)(F)F)C[C@H]1C)N1CCCCC1. The lowest BCUT2D eigenvalue weighted by Crippen LogP contribution is -2.54. The van der Waals surface area contributed by atoms with E-state index in [1.807, 2.05) is 11.8 Å². The standard InChI is InChI=1S/C27H31F5N6/c1-18-17-37(26-21(27(30,31)32)7-6-10-34-26)13-14-38(18)25(35-19(2)36-11-4-3-5-12-36)16-24(33)20-8-9-22(28)23(29)15-20/h6-10,15-16,18H,2-5,11-14,17,33H2,1H3/b24-16-,35-25+/t18-/m1/s1. The molecule has 0 saturated carbocycles. The number of benzene rings is 1. The maximum atomic E-state index is 13.9. The first-order chi connectivity index (χ1) is 18.0. The monoisotopic (exact) mass is 534 g/mol. The fourth-order valence-electron chi connectivity index (χ4n) is 4.79. The van der Waals surface area contributed by atoms with E-state index in [0.717, 1.165) is 50.6 Å². The molecule has 0 unspecified atom stereocenters. The van der Waals surface area contributed by atoms with Gasteiger partial charge in [-0.15, -0.1) is 0 Å². The number of amidine groups is 1. The third kappa shape index (κ3) is 6.25. The van der Waals surface area contributed by atoms with Gasteiger partial charge in [0, 0.05) is 62.3 Å². The Morgan fingerprint density at radius 3 is 2.47 bits per heavy atom. The number of halogens is 5. The smallest absolute Gasteiger partial charge is 0.398 e. The fraction of sp³-hybridized carbons (Fsp3) is 0.407. The highest BCUT2D eigenvalue weighted by molar-refractivity contribution is 5.99. The van der Waals surface area contributed by atoms with Crippen molar-refractivity contribution < 1.29 is 22.0 Å². The number of alkyl halides is 3. The first-order valence-corrected chi connectivity index (χ1v) is 12.5. The summed E-state index contributed by atoms with van der Waals surface area (Å²) in [7, 11) is 0. The van der Waals surface area contributed by atoms with Crippen LogP contribution in [-0.4, -0.2) is 59.4 Å². The molecule has 0 spiro atoms. The molecule has 2 aromatic rings. The second kappa shape index (κ2) is 11.4. The van der Waals surface area contributed by atoms with Crippen molar-refractivity contribution >= 4 is 17.4 Å². The summed E-state index contributed by atoms with van der Waals surface area (Å²) in [5.41, 5.74) is 5.96. The van der Waals surface area contributed by atoms with Crippen molar-refractivity contribution in [3.05, 3.63) is 77.8 Å². The van der Waals surface area contributed by atoms with Crippen molar-refractivity contribution in [1.82, 2.24) is 14.8 Å². The molecule has 38 heavy (non-hydrogen) atoms. The minimum Gasteiger partial charge on any atom is -0.398 e. The predicted octanol–water partition coefficient (Wildman–Crippen LogP) is 5.24. The molecule has 0 radical (unpaired) electrons. The van der Waals surface area contributed by atoms with Crippen molar-refractivity contribution in [3.8, 4) is 0 Å². The van der Waals surface area contributed by atoms with Crippen LogP contribution < -0.4 is 10.6 Å². The number of hydrogen-bond donors (Lipinski definition) is 1. The van der Waals surface area contributed by atoms with Crippen LogP contribution in [0.15, 0.2) is 60.0 Å². The second-order valence-electron chi connectivity index (χ2n) is 9.52. The minimum absolute atomic E-state index is 0.112. The van der Waals surface area contributed by atoms with E-state index in [4.69, 9.17) is 10.7 Å². The largest absolute Gasteiger partial charge is 0.419 e. The summed E-state index contributed by atoms with van der Waals surface area (Å²) < 4.78 is 68.1. The van der Waals surface area contributed by atoms with Gasteiger partial charge in [-0.2, -0.15) is 13.2 Å². The van der Waals surface area contributed by atoms with Gasteiger partial charge in [0.2, 0.25) is 0 Å². The molecule has 2 N–H and O–H groups in total. The lowest BCUT2D eigenvalue weighted by Gasteiger charge is -2.42. The van der Waals surface area contributed by atoms with Crippen LogP contribution in [0, 0.1) is 11.6 Å². The van der Waals surface area contributed by atoms with E-state index >= 15 is 0 Å². The van der Waals surface area contributed by atoms with Crippen LogP contribution in [0.3, 0.4) is 0 Å². The van der Waals surface area contributed by atoms with Gasteiger partial charge in [-0.05, 0) is 56.5 Å². The number of nitrogens with zero attached hydrogens (tertiary/aromatic N) is 5. The summed E-state index contributed by atoms with van der Waals surface area (Å²) in [4.78, 5) is 14.4. The molecule has 1 aromatic carbocycles. The highest BCUT2D eigenvalue weighted by Gasteiger charge is 2.37. The van der Waals surface area contributed by atoms with Crippen LogP contribution in [0.4, 0.5) is 27.8 Å². The molecule has 2 saturated heterocycles. The first-order valence-electron chi connectivity index (χ1n) is 12.5. The van der Waals surface area contributed by atoms with Crippen molar-refractivity contribution in [2.75, 3.05) is 37.6 Å². The third-order valence-corrected chi connectivity index (χ3v) is 6.82. The Kier molecular flexibility index (Phi) is 8.23. The number of hydrogen-bond acceptors (Lipinski definition) is 5. The summed E-state index contributed by atoms with van der Waals surface area (Å²) in [6.45, 7) is 8.51. The summed E-state index contributed by atoms with van der Waals surface area (Å²) in [5.74, 6) is -1.11. The Bertz CT molecular complexity index is 1220. The van der Waals surface area contributed by atoms with E-state index in [2.05, 4.69) is 16.5 Å². The number of nitrogens with two attached hydrogens (primary N) is 1. The van der Waals surface area contributed by atoms with Gasteiger partial charge in [-0.3, -0.25) is 0 Å². The Hall–Kier alpha value is -3.63. The van der Waals surface area contributed by atoms with Gasteiger partial charge in [0.05, 0.1) is 5.56 Å². The second-order valence-corrected chi connectivity index (χ2v) is 9.52. The van der Waals surface area contributed by atoms with E-state index in [0.29, 0.717) is 18.2 Å². The van der Waals surface area contributed by atoms with Crippen molar-refractivity contribution in [2.24, 2.45) is 10.7 Å². The van der Waals surface area contributed by atoms with Gasteiger partial charge in [-0.25, -0.2) is 18.8 Å². The van der Waals surface area contributed by atoms with E-state index in [1.54, 1.807) is 11.0 Å². The van der Waals surface area contributed by atoms with Crippen LogP contribution in [0.5, 0.6) is 0 Å². The average molecular weight is 535 g/mol. The Labute approximate surface area is 218 Å². The molecular weight excluding hydrogens is 503 g/mol. The molecule has 0 aliphatic carbocycles. The molecule has 0 bridgehead atoms. The molecule has 3 heterocycles. The van der Waals surface area contributed by atoms with Crippen LogP contribution in [0.1, 0.15) is 37.3 Å². The van der Waals surface area contributed by atoms with Gasteiger partial charge in [-0.1, -0.05) is 6.58 Å². The zero-order valence-electron chi connectivity index (χ0n) is 21.2. The molecule has 2 aliphatic heterocycles. The number of rotatable bonds is 5.